The molecule has 0 fully saturated rings. The second-order valence-corrected chi connectivity index (χ2v) is 6.20. The van der Waals surface area contributed by atoms with Crippen LogP contribution in [0, 0.1) is 5.82 Å². The maximum atomic E-state index is 13.1. The zero-order chi connectivity index (χ0) is 14.3. The van der Waals surface area contributed by atoms with Crippen molar-refractivity contribution < 1.29 is 4.39 Å². The molecular weight excluding hydrogens is 342 g/mol. The van der Waals surface area contributed by atoms with E-state index in [1.165, 1.54) is 23.5 Å². The van der Waals surface area contributed by atoms with Crippen LogP contribution in [0.5, 0.6) is 0 Å². The van der Waals surface area contributed by atoms with Crippen LogP contribution >= 0.6 is 46.1 Å². The van der Waals surface area contributed by atoms with Crippen molar-refractivity contribution in [1.82, 2.24) is 4.98 Å². The number of aromatic nitrogens is 1. The standard InChI is InChI=1S/C13H6Cl3FN2S/c14-7-2-1-3-10-12(7)20-13(18-10)19-11-8(15)4-6(17)5-9(11)16/h1-5H,(H,18,19). The Kier molecular flexibility index (Phi) is 3.73. The molecule has 0 aliphatic heterocycles. The number of hydrogen-bond acceptors (Lipinski definition) is 3. The molecular formula is C13H6Cl3FN2S. The molecule has 7 heteroatoms. The lowest BCUT2D eigenvalue weighted by atomic mass is 10.3. The minimum Gasteiger partial charge on any atom is -0.329 e. The maximum Gasteiger partial charge on any atom is 0.188 e. The van der Waals surface area contributed by atoms with E-state index < -0.39 is 5.82 Å². The van der Waals surface area contributed by atoms with Crippen molar-refractivity contribution in [3.05, 3.63) is 51.2 Å². The zero-order valence-electron chi connectivity index (χ0n) is 9.75. The predicted octanol–water partition coefficient (Wildman–Crippen LogP) is 6.14. The number of fused-ring (bicyclic) bond motifs is 1. The van der Waals surface area contributed by atoms with Gasteiger partial charge in [-0.2, -0.15) is 0 Å². The highest BCUT2D eigenvalue weighted by atomic mass is 35.5. The second-order valence-electron chi connectivity index (χ2n) is 3.98. The fourth-order valence-corrected chi connectivity index (χ4v) is 3.45. The molecule has 3 rings (SSSR count). The van der Waals surface area contributed by atoms with Crippen LogP contribution in [0.2, 0.25) is 15.1 Å². The number of benzene rings is 2. The molecule has 0 saturated heterocycles. The van der Waals surface area contributed by atoms with E-state index in [2.05, 4.69) is 10.3 Å². The van der Waals surface area contributed by atoms with E-state index in [1.54, 1.807) is 6.07 Å². The lowest BCUT2D eigenvalue weighted by molar-refractivity contribution is 0.628. The summed E-state index contributed by atoms with van der Waals surface area (Å²) in [5.74, 6) is -0.488. The highest BCUT2D eigenvalue weighted by Gasteiger charge is 2.12. The van der Waals surface area contributed by atoms with Gasteiger partial charge in [0.25, 0.3) is 0 Å². The largest absolute Gasteiger partial charge is 0.329 e. The molecule has 0 unspecified atom stereocenters. The highest BCUT2D eigenvalue weighted by molar-refractivity contribution is 7.22. The van der Waals surface area contributed by atoms with Gasteiger partial charge in [-0.1, -0.05) is 52.2 Å². The number of rotatable bonds is 2. The lowest BCUT2D eigenvalue weighted by Crippen LogP contribution is -1.92. The first-order chi connectivity index (χ1) is 9.54. The van der Waals surface area contributed by atoms with Crippen LogP contribution in [0.3, 0.4) is 0 Å². The molecule has 102 valence electrons. The van der Waals surface area contributed by atoms with Crippen molar-refractivity contribution in [3.63, 3.8) is 0 Å². The van der Waals surface area contributed by atoms with Crippen LogP contribution in [-0.2, 0) is 0 Å². The van der Waals surface area contributed by atoms with Crippen LogP contribution in [-0.4, -0.2) is 4.98 Å². The molecule has 20 heavy (non-hydrogen) atoms. The fraction of sp³-hybridized carbons (Fsp3) is 0. The Bertz CT molecular complexity index is 780. The summed E-state index contributed by atoms with van der Waals surface area (Å²) in [5, 5.41) is 4.61. The number of halogens is 4. The lowest BCUT2D eigenvalue weighted by Gasteiger charge is -2.07. The summed E-state index contributed by atoms with van der Waals surface area (Å²) in [7, 11) is 0. The molecule has 0 radical (unpaired) electrons. The molecule has 0 amide bonds. The Morgan fingerprint density at radius 3 is 2.40 bits per heavy atom. The average Bonchev–Trinajstić information content (AvgIpc) is 2.78. The summed E-state index contributed by atoms with van der Waals surface area (Å²) in [4.78, 5) is 4.39. The fourth-order valence-electron chi connectivity index (χ4n) is 1.74. The van der Waals surface area contributed by atoms with Gasteiger partial charge in [-0.05, 0) is 24.3 Å². The van der Waals surface area contributed by atoms with Gasteiger partial charge in [0.05, 0.1) is 31.0 Å². The third kappa shape index (κ3) is 2.56. The molecule has 1 heterocycles. The summed E-state index contributed by atoms with van der Waals surface area (Å²) in [6.45, 7) is 0. The van der Waals surface area contributed by atoms with Gasteiger partial charge in [-0.25, -0.2) is 9.37 Å². The third-order valence-corrected chi connectivity index (χ3v) is 4.65. The number of nitrogens with one attached hydrogen (secondary N) is 1. The van der Waals surface area contributed by atoms with E-state index in [-0.39, 0.29) is 10.0 Å². The first kappa shape index (κ1) is 13.9. The Hall–Kier alpha value is -1.07. The van der Waals surface area contributed by atoms with Crippen LogP contribution in [0.25, 0.3) is 10.2 Å². The number of nitrogens with zero attached hydrogens (tertiary/aromatic N) is 1. The van der Waals surface area contributed by atoms with Crippen LogP contribution < -0.4 is 5.32 Å². The van der Waals surface area contributed by atoms with E-state index >= 15 is 0 Å². The van der Waals surface area contributed by atoms with E-state index in [0.717, 1.165) is 10.2 Å². The molecule has 3 aromatic rings. The molecule has 1 N–H and O–H groups in total. The summed E-state index contributed by atoms with van der Waals surface area (Å²) in [6, 6.07) is 7.86. The van der Waals surface area contributed by atoms with E-state index in [4.69, 9.17) is 34.8 Å². The molecule has 0 spiro atoms. The minimum atomic E-state index is -0.488. The normalized spacial score (nSPS) is 11.0. The molecule has 0 saturated carbocycles. The van der Waals surface area contributed by atoms with Crippen LogP contribution in [0.15, 0.2) is 30.3 Å². The summed E-state index contributed by atoms with van der Waals surface area (Å²) in [5.41, 5.74) is 1.20. The minimum absolute atomic E-state index is 0.195. The Morgan fingerprint density at radius 1 is 1.05 bits per heavy atom. The number of hydrogen-bond donors (Lipinski definition) is 1. The number of thiazole rings is 1. The Morgan fingerprint density at radius 2 is 1.75 bits per heavy atom. The average molecular weight is 348 g/mol. The number of anilines is 2. The SMILES string of the molecule is Fc1cc(Cl)c(Nc2nc3cccc(Cl)c3s2)c(Cl)c1. The van der Waals surface area contributed by atoms with Crippen molar-refractivity contribution in [1.29, 1.82) is 0 Å². The highest BCUT2D eigenvalue weighted by Crippen LogP contribution is 2.37. The van der Waals surface area contributed by atoms with Gasteiger partial charge in [-0.3, -0.25) is 0 Å². The Balaban J connectivity index is 2.04. The topological polar surface area (TPSA) is 24.9 Å². The van der Waals surface area contributed by atoms with Crippen molar-refractivity contribution >= 4 is 67.2 Å². The molecule has 2 aromatic carbocycles. The molecule has 2 nitrogen and oxygen atoms in total. The van der Waals surface area contributed by atoms with Gasteiger partial charge in [0, 0.05) is 0 Å². The van der Waals surface area contributed by atoms with Gasteiger partial charge >= 0.3 is 0 Å². The van der Waals surface area contributed by atoms with Crippen LogP contribution in [0.1, 0.15) is 0 Å². The monoisotopic (exact) mass is 346 g/mol. The Labute approximate surface area is 133 Å². The van der Waals surface area contributed by atoms with Crippen molar-refractivity contribution in [2.75, 3.05) is 5.32 Å². The van der Waals surface area contributed by atoms with Crippen molar-refractivity contribution in [2.24, 2.45) is 0 Å². The summed E-state index contributed by atoms with van der Waals surface area (Å²) in [6.07, 6.45) is 0. The van der Waals surface area contributed by atoms with E-state index in [0.29, 0.717) is 15.8 Å². The maximum absolute atomic E-state index is 13.1. The smallest absolute Gasteiger partial charge is 0.188 e. The van der Waals surface area contributed by atoms with Gasteiger partial charge in [0.1, 0.15) is 5.82 Å². The molecule has 0 aliphatic rings. The van der Waals surface area contributed by atoms with Gasteiger partial charge in [0.2, 0.25) is 0 Å². The van der Waals surface area contributed by atoms with E-state index in [1.807, 2.05) is 12.1 Å². The predicted molar refractivity (Wildman–Crippen MR) is 84.3 cm³/mol. The first-order valence-corrected chi connectivity index (χ1v) is 7.46. The van der Waals surface area contributed by atoms with Crippen molar-refractivity contribution in [2.45, 2.75) is 0 Å². The van der Waals surface area contributed by atoms with Gasteiger partial charge < -0.3 is 5.32 Å². The quantitative estimate of drug-likeness (QED) is 0.602. The van der Waals surface area contributed by atoms with Crippen LogP contribution in [0.4, 0.5) is 15.2 Å². The summed E-state index contributed by atoms with van der Waals surface area (Å²) >= 11 is 19.4. The third-order valence-electron chi connectivity index (χ3n) is 2.61. The molecule has 1 aromatic heterocycles. The molecule has 0 bridgehead atoms. The molecule has 0 aliphatic carbocycles. The summed E-state index contributed by atoms with van der Waals surface area (Å²) < 4.78 is 14.0. The van der Waals surface area contributed by atoms with Crippen molar-refractivity contribution in [3.8, 4) is 0 Å². The molecule has 0 atom stereocenters. The van der Waals surface area contributed by atoms with Gasteiger partial charge in [0.15, 0.2) is 5.13 Å². The van der Waals surface area contributed by atoms with E-state index in [9.17, 15) is 4.39 Å². The zero-order valence-corrected chi connectivity index (χ0v) is 12.8. The van der Waals surface area contributed by atoms with Gasteiger partial charge in [-0.15, -0.1) is 0 Å². The first-order valence-electron chi connectivity index (χ1n) is 5.51. The second kappa shape index (κ2) is 5.37.